The number of aryl methyl sites for hydroxylation is 1. The molecule has 144 valence electrons. The van der Waals surface area contributed by atoms with E-state index in [1.165, 1.54) is 17.9 Å². The lowest BCUT2D eigenvalue weighted by molar-refractivity contribution is -0.386. The summed E-state index contributed by atoms with van der Waals surface area (Å²) in [5.41, 5.74) is 1.52. The van der Waals surface area contributed by atoms with Gasteiger partial charge in [-0.25, -0.2) is 0 Å². The zero-order chi connectivity index (χ0) is 20.3. The average molecular weight is 383 g/mol. The fourth-order valence-electron chi connectivity index (χ4n) is 2.68. The standard InChI is InChI=1S/C18H17N5O5/c1-11-17(23(26)27)12(2)22(21-11)10-16(24)19-13-5-7-14(8-6-13)20-18(25)15-4-3-9-28-15/h3-9H,10H2,1-2H3,(H,19,24)(H,20,25). The Morgan fingerprint density at radius 2 is 1.79 bits per heavy atom. The molecule has 3 aromatic rings. The summed E-state index contributed by atoms with van der Waals surface area (Å²) in [5, 5.41) is 20.4. The number of furan rings is 1. The third-order valence-corrected chi connectivity index (χ3v) is 3.99. The maximum Gasteiger partial charge on any atom is 0.312 e. The Kier molecular flexibility index (Phi) is 5.21. The van der Waals surface area contributed by atoms with Crippen molar-refractivity contribution in [1.82, 2.24) is 9.78 Å². The zero-order valence-corrected chi connectivity index (χ0v) is 15.1. The van der Waals surface area contributed by atoms with Crippen molar-refractivity contribution >= 4 is 28.9 Å². The molecular formula is C18H17N5O5. The van der Waals surface area contributed by atoms with E-state index in [1.54, 1.807) is 43.3 Å². The highest BCUT2D eigenvalue weighted by Crippen LogP contribution is 2.22. The first-order chi connectivity index (χ1) is 13.3. The van der Waals surface area contributed by atoms with Gasteiger partial charge in [0.05, 0.1) is 11.2 Å². The maximum absolute atomic E-state index is 12.2. The molecule has 2 N–H and O–H groups in total. The minimum atomic E-state index is -0.512. The second kappa shape index (κ2) is 7.74. The van der Waals surface area contributed by atoms with E-state index in [-0.39, 0.29) is 35.5 Å². The minimum absolute atomic E-state index is 0.0931. The molecule has 0 saturated heterocycles. The summed E-state index contributed by atoms with van der Waals surface area (Å²) in [5.74, 6) is -0.572. The van der Waals surface area contributed by atoms with Crippen molar-refractivity contribution in [2.24, 2.45) is 0 Å². The Morgan fingerprint density at radius 1 is 1.14 bits per heavy atom. The number of hydrogen-bond acceptors (Lipinski definition) is 6. The van der Waals surface area contributed by atoms with Gasteiger partial charge in [-0.3, -0.25) is 24.4 Å². The quantitative estimate of drug-likeness (QED) is 0.497. The monoisotopic (exact) mass is 383 g/mol. The van der Waals surface area contributed by atoms with Crippen molar-refractivity contribution in [2.75, 3.05) is 10.6 Å². The largest absolute Gasteiger partial charge is 0.459 e. The number of nitro groups is 1. The molecule has 0 radical (unpaired) electrons. The highest BCUT2D eigenvalue weighted by molar-refractivity contribution is 6.02. The Bertz CT molecular complexity index is 1020. The summed E-state index contributed by atoms with van der Waals surface area (Å²) in [6, 6.07) is 9.67. The van der Waals surface area contributed by atoms with Gasteiger partial charge in [0.1, 0.15) is 17.9 Å². The molecule has 2 aromatic heterocycles. The predicted octanol–water partition coefficient (Wildman–Crippen LogP) is 2.89. The Hall–Kier alpha value is -3.95. The molecule has 0 aliphatic rings. The molecule has 3 rings (SSSR count). The number of hydrogen-bond donors (Lipinski definition) is 2. The lowest BCUT2D eigenvalue weighted by Gasteiger charge is -2.08. The highest BCUT2D eigenvalue weighted by atomic mass is 16.6. The molecule has 0 spiro atoms. The number of aromatic nitrogens is 2. The van der Waals surface area contributed by atoms with Crippen molar-refractivity contribution in [2.45, 2.75) is 20.4 Å². The average Bonchev–Trinajstić information content (AvgIpc) is 3.25. The minimum Gasteiger partial charge on any atom is -0.459 e. The fourth-order valence-corrected chi connectivity index (χ4v) is 2.68. The summed E-state index contributed by atoms with van der Waals surface area (Å²) >= 11 is 0. The molecule has 0 saturated carbocycles. The van der Waals surface area contributed by atoms with Crippen LogP contribution >= 0.6 is 0 Å². The molecule has 0 atom stereocenters. The smallest absolute Gasteiger partial charge is 0.312 e. The van der Waals surface area contributed by atoms with E-state index in [1.807, 2.05) is 0 Å². The van der Waals surface area contributed by atoms with Crippen LogP contribution in [0.4, 0.5) is 17.1 Å². The van der Waals surface area contributed by atoms with E-state index in [9.17, 15) is 19.7 Å². The first-order valence-corrected chi connectivity index (χ1v) is 8.28. The number of carbonyl (C=O) groups is 2. The van der Waals surface area contributed by atoms with Crippen LogP contribution in [0.3, 0.4) is 0 Å². The van der Waals surface area contributed by atoms with E-state index in [0.717, 1.165) is 0 Å². The molecule has 0 aliphatic heterocycles. The second-order valence-corrected chi connectivity index (χ2v) is 5.99. The van der Waals surface area contributed by atoms with Crippen LogP contribution in [0, 0.1) is 24.0 Å². The molecule has 28 heavy (non-hydrogen) atoms. The summed E-state index contributed by atoms with van der Waals surface area (Å²) in [4.78, 5) is 34.7. The predicted molar refractivity (Wildman–Crippen MR) is 100 cm³/mol. The second-order valence-electron chi connectivity index (χ2n) is 5.99. The van der Waals surface area contributed by atoms with Crippen LogP contribution in [0.5, 0.6) is 0 Å². The van der Waals surface area contributed by atoms with Crippen molar-refractivity contribution in [3.05, 3.63) is 69.9 Å². The number of carbonyl (C=O) groups excluding carboxylic acids is 2. The van der Waals surface area contributed by atoms with Crippen LogP contribution in [0.1, 0.15) is 21.9 Å². The molecule has 1 aromatic carbocycles. The number of benzene rings is 1. The molecular weight excluding hydrogens is 366 g/mol. The van der Waals surface area contributed by atoms with Crippen LogP contribution in [-0.2, 0) is 11.3 Å². The van der Waals surface area contributed by atoms with Gasteiger partial charge in [-0.05, 0) is 50.2 Å². The molecule has 10 nitrogen and oxygen atoms in total. The number of rotatable bonds is 6. The van der Waals surface area contributed by atoms with Crippen LogP contribution < -0.4 is 10.6 Å². The first-order valence-electron chi connectivity index (χ1n) is 8.28. The lowest BCUT2D eigenvalue weighted by Crippen LogP contribution is -2.20. The van der Waals surface area contributed by atoms with Gasteiger partial charge in [0.25, 0.3) is 5.91 Å². The number of amides is 2. The van der Waals surface area contributed by atoms with E-state index in [0.29, 0.717) is 17.1 Å². The highest BCUT2D eigenvalue weighted by Gasteiger charge is 2.22. The Labute approximate surface area is 159 Å². The van der Waals surface area contributed by atoms with Crippen LogP contribution in [0.15, 0.2) is 47.1 Å². The molecule has 2 amide bonds. The first kappa shape index (κ1) is 18.8. The van der Waals surface area contributed by atoms with Gasteiger partial charge in [0.15, 0.2) is 5.76 Å². The van der Waals surface area contributed by atoms with E-state index in [4.69, 9.17) is 4.42 Å². The lowest BCUT2D eigenvalue weighted by atomic mass is 10.2. The van der Waals surface area contributed by atoms with Gasteiger partial charge in [0.2, 0.25) is 5.91 Å². The molecule has 0 aliphatic carbocycles. The van der Waals surface area contributed by atoms with Crippen molar-refractivity contribution < 1.29 is 18.9 Å². The van der Waals surface area contributed by atoms with Crippen molar-refractivity contribution in [1.29, 1.82) is 0 Å². The van der Waals surface area contributed by atoms with Crippen molar-refractivity contribution in [3.8, 4) is 0 Å². The normalized spacial score (nSPS) is 10.5. The summed E-state index contributed by atoms with van der Waals surface area (Å²) in [6.07, 6.45) is 1.41. The summed E-state index contributed by atoms with van der Waals surface area (Å²) < 4.78 is 6.31. The van der Waals surface area contributed by atoms with Crippen LogP contribution in [0.25, 0.3) is 0 Å². The van der Waals surface area contributed by atoms with E-state index < -0.39 is 4.92 Å². The van der Waals surface area contributed by atoms with Crippen molar-refractivity contribution in [3.63, 3.8) is 0 Å². The molecule has 0 bridgehead atoms. The number of anilines is 2. The van der Waals surface area contributed by atoms with Gasteiger partial charge in [-0.15, -0.1) is 0 Å². The third kappa shape index (κ3) is 4.06. The van der Waals surface area contributed by atoms with E-state index >= 15 is 0 Å². The molecule has 2 heterocycles. The SMILES string of the molecule is Cc1nn(CC(=O)Nc2ccc(NC(=O)c3ccco3)cc2)c(C)c1[N+](=O)[O-]. The van der Waals surface area contributed by atoms with Crippen LogP contribution in [0.2, 0.25) is 0 Å². The Balaban J connectivity index is 1.61. The topological polar surface area (TPSA) is 132 Å². The van der Waals surface area contributed by atoms with Gasteiger partial charge in [-0.2, -0.15) is 5.10 Å². The number of nitrogens with zero attached hydrogens (tertiary/aromatic N) is 3. The Morgan fingerprint density at radius 3 is 2.32 bits per heavy atom. The fraction of sp³-hybridized carbons (Fsp3) is 0.167. The number of nitrogens with one attached hydrogen (secondary N) is 2. The van der Waals surface area contributed by atoms with Crippen LogP contribution in [-0.4, -0.2) is 26.5 Å². The zero-order valence-electron chi connectivity index (χ0n) is 15.1. The third-order valence-electron chi connectivity index (χ3n) is 3.99. The van der Waals surface area contributed by atoms with Gasteiger partial charge < -0.3 is 15.1 Å². The van der Waals surface area contributed by atoms with Gasteiger partial charge >= 0.3 is 5.69 Å². The molecule has 0 unspecified atom stereocenters. The summed E-state index contributed by atoms with van der Waals surface area (Å²) in [6.45, 7) is 2.91. The molecule has 10 heteroatoms. The summed E-state index contributed by atoms with van der Waals surface area (Å²) in [7, 11) is 0. The van der Waals surface area contributed by atoms with Gasteiger partial charge in [-0.1, -0.05) is 0 Å². The van der Waals surface area contributed by atoms with Gasteiger partial charge in [0, 0.05) is 11.4 Å². The maximum atomic E-state index is 12.2. The molecule has 0 fully saturated rings. The van der Waals surface area contributed by atoms with E-state index in [2.05, 4.69) is 15.7 Å².